The van der Waals surface area contributed by atoms with E-state index in [9.17, 15) is 10.1 Å². The van der Waals surface area contributed by atoms with Crippen molar-refractivity contribution in [1.82, 2.24) is 9.58 Å². The number of hydrogen-bond donors (Lipinski definition) is 2. The normalized spacial score (nSPS) is 22.7. The number of halogens is 1. The molecule has 0 bridgehead atoms. The molecule has 0 amide bonds. The third kappa shape index (κ3) is 3.23. The van der Waals surface area contributed by atoms with Gasteiger partial charge in [0.05, 0.1) is 28.2 Å². The van der Waals surface area contributed by atoms with Gasteiger partial charge in [-0.15, -0.1) is 0 Å². The predicted molar refractivity (Wildman–Crippen MR) is 131 cm³/mol. The summed E-state index contributed by atoms with van der Waals surface area (Å²) in [5.74, 6) is -0.0208. The molecule has 2 atom stereocenters. The van der Waals surface area contributed by atoms with Crippen LogP contribution in [0.2, 0.25) is 0 Å². The highest BCUT2D eigenvalue weighted by atomic mass is 19.1. The van der Waals surface area contributed by atoms with Gasteiger partial charge in [0.2, 0.25) is 5.43 Å². The summed E-state index contributed by atoms with van der Waals surface area (Å²) >= 11 is 0. The van der Waals surface area contributed by atoms with Crippen LogP contribution in [0.1, 0.15) is 57.9 Å². The largest absolute Gasteiger partial charge is 0.487 e. The number of nitrogens with zero attached hydrogens (tertiary/aromatic N) is 4. The first-order chi connectivity index (χ1) is 16.3. The molecule has 5 rings (SSSR count). The minimum Gasteiger partial charge on any atom is -0.487 e. The number of hydrazone groups is 1. The van der Waals surface area contributed by atoms with E-state index in [1.54, 1.807) is 6.20 Å². The van der Waals surface area contributed by atoms with Crippen molar-refractivity contribution in [2.75, 3.05) is 31.2 Å². The van der Waals surface area contributed by atoms with Crippen molar-refractivity contribution in [1.29, 1.82) is 5.26 Å². The maximum absolute atomic E-state index is 15.5. The lowest BCUT2D eigenvalue weighted by molar-refractivity contribution is 0.143. The van der Waals surface area contributed by atoms with Crippen LogP contribution in [0.15, 0.2) is 16.1 Å². The smallest absolute Gasteiger partial charge is 0.209 e. The summed E-state index contributed by atoms with van der Waals surface area (Å²) in [4.78, 5) is 13.0. The summed E-state index contributed by atoms with van der Waals surface area (Å²) in [7, 11) is 1.98. The van der Waals surface area contributed by atoms with E-state index in [2.05, 4.69) is 17.3 Å². The molecule has 34 heavy (non-hydrogen) atoms. The molecule has 1 saturated carbocycles. The van der Waals surface area contributed by atoms with Crippen LogP contribution in [-0.4, -0.2) is 41.5 Å². The number of rotatable bonds is 5. The van der Waals surface area contributed by atoms with E-state index in [0.717, 1.165) is 44.2 Å². The van der Waals surface area contributed by atoms with Crippen LogP contribution in [0, 0.1) is 23.1 Å². The zero-order valence-electron chi connectivity index (χ0n) is 19.9. The van der Waals surface area contributed by atoms with Gasteiger partial charge in [0.1, 0.15) is 23.9 Å². The van der Waals surface area contributed by atoms with Gasteiger partial charge in [-0.1, -0.05) is 12.8 Å². The lowest BCUT2D eigenvalue weighted by atomic mass is 9.92. The number of pyridine rings is 1. The molecule has 8 nitrogen and oxygen atoms in total. The minimum atomic E-state index is -0.699. The second-order valence-corrected chi connectivity index (χ2v) is 9.96. The molecule has 2 aliphatic heterocycles. The second kappa shape index (κ2) is 8.19. The minimum absolute atomic E-state index is 0.0221. The number of nitriles is 1. The first-order valence-electron chi connectivity index (χ1n) is 12.0. The number of anilines is 2. The molecular formula is C25H31FN6O2. The third-order valence-electron chi connectivity index (χ3n) is 8.04. The highest BCUT2D eigenvalue weighted by Gasteiger charge is 2.42. The van der Waals surface area contributed by atoms with Crippen molar-refractivity contribution in [3.05, 3.63) is 27.8 Å². The van der Waals surface area contributed by atoms with Gasteiger partial charge in [-0.25, -0.2) is 4.39 Å². The van der Waals surface area contributed by atoms with E-state index < -0.39 is 11.2 Å². The molecule has 3 aliphatic rings. The molecule has 1 aromatic heterocycles. The van der Waals surface area contributed by atoms with Crippen molar-refractivity contribution in [3.8, 4) is 11.8 Å². The van der Waals surface area contributed by atoms with Crippen LogP contribution in [0.5, 0.6) is 5.75 Å². The van der Waals surface area contributed by atoms with Crippen molar-refractivity contribution in [2.45, 2.75) is 64.0 Å². The third-order valence-corrected chi connectivity index (χ3v) is 8.04. The molecule has 180 valence electrons. The Bertz CT molecular complexity index is 1290. The van der Waals surface area contributed by atoms with Gasteiger partial charge >= 0.3 is 0 Å². The van der Waals surface area contributed by atoms with E-state index in [1.165, 1.54) is 0 Å². The zero-order chi connectivity index (χ0) is 24.2. The summed E-state index contributed by atoms with van der Waals surface area (Å²) in [5, 5.41) is 19.3. The SMILES string of the molecule is CC1=NN(C)C(C)C1CCCNc1c(F)c(N)c2c(=O)c(C#N)cn3c2c1OCC31CCCC1. The van der Waals surface area contributed by atoms with E-state index in [0.29, 0.717) is 36.4 Å². The van der Waals surface area contributed by atoms with Crippen molar-refractivity contribution >= 4 is 28.0 Å². The molecule has 1 aliphatic carbocycles. The maximum atomic E-state index is 15.5. The number of nitrogens with one attached hydrogen (secondary N) is 1. The number of fused-ring (bicyclic) bond motifs is 1. The predicted octanol–water partition coefficient (Wildman–Crippen LogP) is 3.77. The van der Waals surface area contributed by atoms with Crippen LogP contribution in [0.3, 0.4) is 0 Å². The molecule has 3 heterocycles. The van der Waals surface area contributed by atoms with Crippen LogP contribution in [-0.2, 0) is 5.54 Å². The fraction of sp³-hybridized carbons (Fsp3) is 0.560. The molecular weight excluding hydrogens is 435 g/mol. The van der Waals surface area contributed by atoms with Crippen LogP contribution in [0.25, 0.3) is 10.9 Å². The quantitative estimate of drug-likeness (QED) is 0.513. The van der Waals surface area contributed by atoms with Crippen molar-refractivity contribution in [2.24, 2.45) is 11.0 Å². The monoisotopic (exact) mass is 466 g/mol. The molecule has 1 fully saturated rings. The first-order valence-corrected chi connectivity index (χ1v) is 12.0. The van der Waals surface area contributed by atoms with E-state index in [4.69, 9.17) is 10.5 Å². The van der Waals surface area contributed by atoms with E-state index in [-0.39, 0.29) is 27.9 Å². The molecule has 1 spiro atoms. The topological polar surface area (TPSA) is 109 Å². The van der Waals surface area contributed by atoms with Crippen LogP contribution >= 0.6 is 0 Å². The van der Waals surface area contributed by atoms with Crippen LogP contribution < -0.4 is 21.2 Å². The van der Waals surface area contributed by atoms with E-state index in [1.807, 2.05) is 29.6 Å². The number of nitrogen functional groups attached to an aromatic ring is 1. The fourth-order valence-corrected chi connectivity index (χ4v) is 6.01. The Balaban J connectivity index is 1.51. The first kappa shape index (κ1) is 22.5. The lowest BCUT2D eigenvalue weighted by Gasteiger charge is -2.39. The summed E-state index contributed by atoms with van der Waals surface area (Å²) in [5.41, 5.74) is 6.85. The van der Waals surface area contributed by atoms with Crippen LogP contribution in [0.4, 0.5) is 15.8 Å². The Morgan fingerprint density at radius 3 is 2.79 bits per heavy atom. The number of ether oxygens (including phenoxy) is 1. The summed E-state index contributed by atoms with van der Waals surface area (Å²) in [6.07, 6.45) is 7.18. The molecule has 0 radical (unpaired) electrons. The molecule has 1 aromatic carbocycles. The number of aromatic nitrogens is 1. The van der Waals surface area contributed by atoms with Gasteiger partial charge in [-0.3, -0.25) is 9.80 Å². The Hall–Kier alpha value is -3.28. The molecule has 2 unspecified atom stereocenters. The summed E-state index contributed by atoms with van der Waals surface area (Å²) < 4.78 is 23.7. The maximum Gasteiger partial charge on any atom is 0.209 e. The van der Waals surface area contributed by atoms with Gasteiger partial charge < -0.3 is 20.4 Å². The van der Waals surface area contributed by atoms with Gasteiger partial charge in [0.25, 0.3) is 0 Å². The van der Waals surface area contributed by atoms with Gasteiger partial charge in [-0.2, -0.15) is 10.4 Å². The molecule has 3 N–H and O–H groups in total. The average molecular weight is 467 g/mol. The fourth-order valence-electron chi connectivity index (χ4n) is 6.01. The summed E-state index contributed by atoms with van der Waals surface area (Å²) in [6, 6.07) is 2.31. The highest BCUT2D eigenvalue weighted by Crippen LogP contribution is 2.48. The number of benzene rings is 1. The standard InChI is InChI=1S/C25H31FN6O2/c1-14-17(15(2)31(3)30-14)7-6-10-29-21-19(26)20(28)18-22-24(21)34-13-25(8-4-5-9-25)32(22)12-16(11-27)23(18)33/h12,15,17,29H,4-10,13,28H2,1-3H3. The molecule has 2 aromatic rings. The molecule has 9 heteroatoms. The Kier molecular flexibility index (Phi) is 5.42. The number of hydrogen-bond acceptors (Lipinski definition) is 7. The van der Waals surface area contributed by atoms with Crippen molar-refractivity contribution in [3.63, 3.8) is 0 Å². The van der Waals surface area contributed by atoms with Gasteiger partial charge in [0.15, 0.2) is 11.6 Å². The lowest BCUT2D eigenvalue weighted by Crippen LogP contribution is -2.41. The molecule has 0 saturated heterocycles. The number of nitrogens with two attached hydrogens (primary N) is 1. The summed E-state index contributed by atoms with van der Waals surface area (Å²) in [6.45, 7) is 5.12. The zero-order valence-corrected chi connectivity index (χ0v) is 19.9. The Labute approximate surface area is 198 Å². The van der Waals surface area contributed by atoms with E-state index >= 15 is 4.39 Å². The second-order valence-electron chi connectivity index (χ2n) is 9.96. The van der Waals surface area contributed by atoms with Gasteiger partial charge in [0, 0.05) is 31.4 Å². The van der Waals surface area contributed by atoms with Crippen molar-refractivity contribution < 1.29 is 9.13 Å². The Morgan fingerprint density at radius 2 is 2.15 bits per heavy atom. The highest BCUT2D eigenvalue weighted by molar-refractivity contribution is 6.01. The Morgan fingerprint density at radius 1 is 1.41 bits per heavy atom. The van der Waals surface area contributed by atoms with Gasteiger partial charge in [-0.05, 0) is 39.5 Å². The average Bonchev–Trinajstić information content (AvgIpc) is 3.38.